The smallest absolute Gasteiger partial charge is 0.0637 e. The summed E-state index contributed by atoms with van der Waals surface area (Å²) in [6.45, 7) is 2.03. The molecule has 2 rings (SSSR count). The van der Waals surface area contributed by atoms with Crippen LogP contribution in [-0.4, -0.2) is 31.1 Å². The Morgan fingerprint density at radius 3 is 2.80 bits per heavy atom. The standard InChI is InChI=1S/C12H17ClN2/c1-15(10-6-7-10)9-8-14-12-5-3-2-4-11(12)13/h2-5,10,14H,6-9H2,1H3. The Labute approximate surface area is 96.2 Å². The van der Waals surface area contributed by atoms with Gasteiger partial charge in [-0.05, 0) is 32.0 Å². The summed E-state index contributed by atoms with van der Waals surface area (Å²) in [5.41, 5.74) is 1.03. The van der Waals surface area contributed by atoms with Crippen molar-refractivity contribution < 1.29 is 0 Å². The van der Waals surface area contributed by atoms with Gasteiger partial charge in [-0.15, -0.1) is 0 Å². The minimum atomic E-state index is 0.798. The van der Waals surface area contributed by atoms with Gasteiger partial charge in [-0.1, -0.05) is 23.7 Å². The van der Waals surface area contributed by atoms with Crippen LogP contribution in [0.5, 0.6) is 0 Å². The van der Waals surface area contributed by atoms with E-state index >= 15 is 0 Å². The molecule has 0 atom stereocenters. The lowest BCUT2D eigenvalue weighted by Crippen LogP contribution is -2.27. The van der Waals surface area contributed by atoms with Crippen molar-refractivity contribution in [3.05, 3.63) is 29.3 Å². The monoisotopic (exact) mass is 224 g/mol. The van der Waals surface area contributed by atoms with Gasteiger partial charge in [0, 0.05) is 19.1 Å². The molecule has 0 unspecified atom stereocenters. The maximum absolute atomic E-state index is 6.04. The molecule has 0 aliphatic heterocycles. The van der Waals surface area contributed by atoms with Crippen molar-refractivity contribution >= 4 is 17.3 Å². The molecule has 2 nitrogen and oxygen atoms in total. The molecule has 0 saturated heterocycles. The van der Waals surface area contributed by atoms with Crippen LogP contribution in [0.3, 0.4) is 0 Å². The molecular weight excluding hydrogens is 208 g/mol. The van der Waals surface area contributed by atoms with Crippen molar-refractivity contribution in [3.63, 3.8) is 0 Å². The van der Waals surface area contributed by atoms with Gasteiger partial charge in [-0.25, -0.2) is 0 Å². The van der Waals surface area contributed by atoms with Crippen molar-refractivity contribution in [2.24, 2.45) is 0 Å². The summed E-state index contributed by atoms with van der Waals surface area (Å²) in [6.07, 6.45) is 2.73. The lowest BCUT2D eigenvalue weighted by Gasteiger charge is -2.16. The van der Waals surface area contributed by atoms with E-state index in [0.717, 1.165) is 29.8 Å². The zero-order valence-corrected chi connectivity index (χ0v) is 9.80. The predicted octanol–water partition coefficient (Wildman–Crippen LogP) is 2.85. The van der Waals surface area contributed by atoms with Gasteiger partial charge in [-0.2, -0.15) is 0 Å². The number of hydrogen-bond donors (Lipinski definition) is 1. The van der Waals surface area contributed by atoms with E-state index in [0.29, 0.717) is 0 Å². The number of rotatable bonds is 5. The van der Waals surface area contributed by atoms with Crippen LogP contribution in [-0.2, 0) is 0 Å². The number of anilines is 1. The van der Waals surface area contributed by atoms with Gasteiger partial charge in [0.1, 0.15) is 0 Å². The van der Waals surface area contributed by atoms with E-state index in [-0.39, 0.29) is 0 Å². The molecule has 0 heterocycles. The highest BCUT2D eigenvalue weighted by molar-refractivity contribution is 6.33. The van der Waals surface area contributed by atoms with Gasteiger partial charge >= 0.3 is 0 Å². The van der Waals surface area contributed by atoms with Gasteiger partial charge in [0.25, 0.3) is 0 Å². The Bertz CT molecular complexity index is 323. The first-order chi connectivity index (χ1) is 7.27. The molecule has 15 heavy (non-hydrogen) atoms. The van der Waals surface area contributed by atoms with Crippen molar-refractivity contribution in [2.45, 2.75) is 18.9 Å². The van der Waals surface area contributed by atoms with E-state index in [9.17, 15) is 0 Å². The first-order valence-corrected chi connectivity index (χ1v) is 5.84. The van der Waals surface area contributed by atoms with Crippen LogP contribution in [0.15, 0.2) is 24.3 Å². The fourth-order valence-electron chi connectivity index (χ4n) is 1.67. The first kappa shape index (κ1) is 10.8. The zero-order valence-electron chi connectivity index (χ0n) is 9.04. The number of para-hydroxylation sites is 1. The lowest BCUT2D eigenvalue weighted by molar-refractivity contribution is 0.337. The number of nitrogens with zero attached hydrogens (tertiary/aromatic N) is 1. The van der Waals surface area contributed by atoms with Crippen LogP contribution >= 0.6 is 11.6 Å². The maximum atomic E-state index is 6.04. The summed E-state index contributed by atoms with van der Waals surface area (Å²) >= 11 is 6.04. The Kier molecular flexibility index (Phi) is 3.49. The molecule has 0 aromatic heterocycles. The molecule has 1 N–H and O–H groups in total. The van der Waals surface area contributed by atoms with Gasteiger partial charge < -0.3 is 10.2 Å². The second-order valence-electron chi connectivity index (χ2n) is 4.12. The fourth-order valence-corrected chi connectivity index (χ4v) is 1.87. The molecule has 1 saturated carbocycles. The second-order valence-corrected chi connectivity index (χ2v) is 4.53. The highest BCUT2D eigenvalue weighted by atomic mass is 35.5. The molecular formula is C12H17ClN2. The van der Waals surface area contributed by atoms with Gasteiger partial charge in [0.15, 0.2) is 0 Å². The molecule has 82 valence electrons. The predicted molar refractivity (Wildman–Crippen MR) is 65.6 cm³/mol. The van der Waals surface area contributed by atoms with E-state index in [2.05, 4.69) is 17.3 Å². The number of hydrogen-bond acceptors (Lipinski definition) is 2. The first-order valence-electron chi connectivity index (χ1n) is 5.46. The van der Waals surface area contributed by atoms with Crippen LogP contribution in [0.4, 0.5) is 5.69 Å². The minimum Gasteiger partial charge on any atom is -0.383 e. The SMILES string of the molecule is CN(CCNc1ccccc1Cl)C1CC1. The van der Waals surface area contributed by atoms with Crippen molar-refractivity contribution in [1.29, 1.82) is 0 Å². The van der Waals surface area contributed by atoms with Crippen LogP contribution in [0.1, 0.15) is 12.8 Å². The molecule has 0 radical (unpaired) electrons. The summed E-state index contributed by atoms with van der Waals surface area (Å²) in [5, 5.41) is 4.15. The summed E-state index contributed by atoms with van der Waals surface area (Å²) in [5.74, 6) is 0. The topological polar surface area (TPSA) is 15.3 Å². The third kappa shape index (κ3) is 3.11. The van der Waals surface area contributed by atoms with E-state index in [1.54, 1.807) is 0 Å². The third-order valence-corrected chi connectivity index (χ3v) is 3.15. The van der Waals surface area contributed by atoms with Crippen molar-refractivity contribution in [2.75, 3.05) is 25.5 Å². The Morgan fingerprint density at radius 1 is 1.40 bits per heavy atom. The third-order valence-electron chi connectivity index (χ3n) is 2.82. The largest absolute Gasteiger partial charge is 0.383 e. The quantitative estimate of drug-likeness (QED) is 0.828. The van der Waals surface area contributed by atoms with Gasteiger partial charge in [-0.3, -0.25) is 0 Å². The van der Waals surface area contributed by atoms with Crippen molar-refractivity contribution in [1.82, 2.24) is 4.90 Å². The number of likely N-dealkylation sites (N-methyl/N-ethyl adjacent to an activating group) is 1. The summed E-state index contributed by atoms with van der Waals surface area (Å²) in [6, 6.07) is 8.70. The van der Waals surface area contributed by atoms with E-state index in [1.807, 2.05) is 24.3 Å². The molecule has 1 aromatic rings. The normalized spacial score (nSPS) is 15.7. The molecule has 1 aromatic carbocycles. The molecule has 3 heteroatoms. The highest BCUT2D eigenvalue weighted by Gasteiger charge is 2.25. The van der Waals surface area contributed by atoms with Crippen LogP contribution in [0, 0.1) is 0 Å². The molecule has 1 aliphatic rings. The average molecular weight is 225 g/mol. The number of benzene rings is 1. The van der Waals surface area contributed by atoms with E-state index in [4.69, 9.17) is 11.6 Å². The van der Waals surface area contributed by atoms with Crippen molar-refractivity contribution in [3.8, 4) is 0 Å². The summed E-state index contributed by atoms with van der Waals surface area (Å²) in [7, 11) is 2.19. The number of halogens is 1. The highest BCUT2D eigenvalue weighted by Crippen LogP contribution is 2.25. The van der Waals surface area contributed by atoms with Crippen LogP contribution in [0.2, 0.25) is 5.02 Å². The Balaban J connectivity index is 1.75. The Morgan fingerprint density at radius 2 is 2.13 bits per heavy atom. The van der Waals surface area contributed by atoms with E-state index in [1.165, 1.54) is 12.8 Å². The molecule has 0 spiro atoms. The molecule has 1 aliphatic carbocycles. The zero-order chi connectivity index (χ0) is 10.7. The lowest BCUT2D eigenvalue weighted by atomic mass is 10.3. The summed E-state index contributed by atoms with van der Waals surface area (Å²) in [4.78, 5) is 2.41. The number of nitrogens with one attached hydrogen (secondary N) is 1. The van der Waals surface area contributed by atoms with Crippen LogP contribution < -0.4 is 5.32 Å². The van der Waals surface area contributed by atoms with Crippen LogP contribution in [0.25, 0.3) is 0 Å². The molecule has 1 fully saturated rings. The van der Waals surface area contributed by atoms with E-state index < -0.39 is 0 Å². The Hall–Kier alpha value is -0.730. The average Bonchev–Trinajstić information content (AvgIpc) is 3.04. The van der Waals surface area contributed by atoms with Gasteiger partial charge in [0.05, 0.1) is 10.7 Å². The maximum Gasteiger partial charge on any atom is 0.0637 e. The minimum absolute atomic E-state index is 0.798. The molecule has 0 bridgehead atoms. The fraction of sp³-hybridized carbons (Fsp3) is 0.500. The molecule has 0 amide bonds. The second kappa shape index (κ2) is 4.86. The summed E-state index contributed by atoms with van der Waals surface area (Å²) < 4.78 is 0. The van der Waals surface area contributed by atoms with Gasteiger partial charge in [0.2, 0.25) is 0 Å².